The van der Waals surface area contributed by atoms with E-state index in [0.717, 1.165) is 33.0 Å². The van der Waals surface area contributed by atoms with Crippen LogP contribution in [0.5, 0.6) is 0 Å². The molecule has 1 N–H and O–H groups in total. The third-order valence-electron chi connectivity index (χ3n) is 3.11. The predicted molar refractivity (Wildman–Crippen MR) is 66.7 cm³/mol. The Morgan fingerprint density at radius 2 is 2.31 bits per heavy atom. The summed E-state index contributed by atoms with van der Waals surface area (Å²) < 4.78 is 11.0. The van der Waals surface area contributed by atoms with Crippen molar-refractivity contribution in [2.45, 2.75) is 45.6 Å². The van der Waals surface area contributed by atoms with Crippen molar-refractivity contribution in [3.8, 4) is 0 Å². The van der Waals surface area contributed by atoms with E-state index in [0.29, 0.717) is 12.0 Å². The average Bonchev–Trinajstić information content (AvgIpc) is 2.76. The van der Waals surface area contributed by atoms with Crippen LogP contribution in [-0.4, -0.2) is 39.0 Å². The highest BCUT2D eigenvalue weighted by molar-refractivity contribution is 4.63. The molecule has 0 saturated carbocycles. The summed E-state index contributed by atoms with van der Waals surface area (Å²) in [6.45, 7) is 9.10. The lowest BCUT2D eigenvalue weighted by Crippen LogP contribution is -2.25. The van der Waals surface area contributed by atoms with Crippen LogP contribution in [0, 0.1) is 5.92 Å². The smallest absolute Gasteiger partial charge is 0.0517 e. The molecular formula is C13H27NO2. The van der Waals surface area contributed by atoms with Crippen molar-refractivity contribution >= 4 is 0 Å². The van der Waals surface area contributed by atoms with E-state index in [2.05, 4.69) is 19.2 Å². The van der Waals surface area contributed by atoms with Crippen LogP contribution in [0.2, 0.25) is 0 Å². The molecule has 16 heavy (non-hydrogen) atoms. The highest BCUT2D eigenvalue weighted by Gasteiger charge is 2.15. The lowest BCUT2D eigenvalue weighted by atomic mass is 10.1. The predicted octanol–water partition coefficient (Wildman–Crippen LogP) is 2.21. The van der Waals surface area contributed by atoms with E-state index in [9.17, 15) is 0 Å². The molecule has 2 atom stereocenters. The van der Waals surface area contributed by atoms with E-state index in [1.807, 2.05) is 0 Å². The minimum absolute atomic E-state index is 0.647. The molecule has 0 amide bonds. The average molecular weight is 229 g/mol. The van der Waals surface area contributed by atoms with Crippen molar-refractivity contribution in [2.24, 2.45) is 5.92 Å². The van der Waals surface area contributed by atoms with Crippen LogP contribution in [0.25, 0.3) is 0 Å². The molecule has 1 aliphatic rings. The van der Waals surface area contributed by atoms with Gasteiger partial charge in [0.2, 0.25) is 0 Å². The largest absolute Gasteiger partial charge is 0.381 e. The quantitative estimate of drug-likeness (QED) is 0.615. The molecule has 0 bridgehead atoms. The van der Waals surface area contributed by atoms with Crippen molar-refractivity contribution in [3.63, 3.8) is 0 Å². The number of unbranched alkanes of at least 4 members (excludes halogenated alkanes) is 1. The van der Waals surface area contributed by atoms with Gasteiger partial charge in [-0.1, -0.05) is 6.92 Å². The number of ether oxygens (including phenoxy) is 2. The lowest BCUT2D eigenvalue weighted by Gasteiger charge is -2.12. The van der Waals surface area contributed by atoms with E-state index >= 15 is 0 Å². The van der Waals surface area contributed by atoms with E-state index in [1.165, 1.54) is 25.7 Å². The topological polar surface area (TPSA) is 30.5 Å². The summed E-state index contributed by atoms with van der Waals surface area (Å²) in [5.74, 6) is 0.653. The first-order valence-electron chi connectivity index (χ1n) is 6.71. The lowest BCUT2D eigenvalue weighted by molar-refractivity contribution is 0.0869. The zero-order valence-electron chi connectivity index (χ0n) is 10.8. The van der Waals surface area contributed by atoms with Crippen LogP contribution < -0.4 is 5.32 Å². The van der Waals surface area contributed by atoms with E-state index < -0.39 is 0 Å². The van der Waals surface area contributed by atoms with Gasteiger partial charge in [-0.15, -0.1) is 0 Å². The van der Waals surface area contributed by atoms with Gasteiger partial charge in [0.05, 0.1) is 13.2 Å². The second-order valence-corrected chi connectivity index (χ2v) is 4.76. The first-order valence-corrected chi connectivity index (χ1v) is 6.71. The highest BCUT2D eigenvalue weighted by Crippen LogP contribution is 2.12. The maximum absolute atomic E-state index is 5.66. The van der Waals surface area contributed by atoms with Gasteiger partial charge in [0.1, 0.15) is 0 Å². The normalized spacial score (nSPS) is 22.5. The molecule has 1 fully saturated rings. The Kier molecular flexibility index (Phi) is 7.81. The summed E-state index contributed by atoms with van der Waals surface area (Å²) >= 11 is 0. The molecule has 0 aromatic heterocycles. The molecule has 0 radical (unpaired) electrons. The van der Waals surface area contributed by atoms with Crippen LogP contribution in [0.3, 0.4) is 0 Å². The summed E-state index contributed by atoms with van der Waals surface area (Å²) in [6.07, 6.45) is 4.87. The number of nitrogens with one attached hydrogen (secondary N) is 1. The van der Waals surface area contributed by atoms with Gasteiger partial charge in [0, 0.05) is 25.2 Å². The molecule has 96 valence electrons. The van der Waals surface area contributed by atoms with Gasteiger partial charge in [-0.05, 0) is 39.2 Å². The SMILES string of the molecule is CCNC(C)CCCCOCC1CCOC1. The Morgan fingerprint density at radius 1 is 1.44 bits per heavy atom. The summed E-state index contributed by atoms with van der Waals surface area (Å²) in [5.41, 5.74) is 0. The Hall–Kier alpha value is -0.120. The third-order valence-corrected chi connectivity index (χ3v) is 3.11. The fourth-order valence-corrected chi connectivity index (χ4v) is 2.07. The van der Waals surface area contributed by atoms with Crippen LogP contribution in [0.15, 0.2) is 0 Å². The van der Waals surface area contributed by atoms with Crippen molar-refractivity contribution in [3.05, 3.63) is 0 Å². The molecule has 1 rings (SSSR count). The molecule has 0 aliphatic carbocycles. The van der Waals surface area contributed by atoms with Gasteiger partial charge in [0.25, 0.3) is 0 Å². The Balaban J connectivity index is 1.80. The van der Waals surface area contributed by atoms with Gasteiger partial charge in [0.15, 0.2) is 0 Å². The molecule has 1 aliphatic heterocycles. The maximum atomic E-state index is 5.66. The van der Waals surface area contributed by atoms with Crippen molar-refractivity contribution in [1.29, 1.82) is 0 Å². The van der Waals surface area contributed by atoms with Crippen LogP contribution in [0.1, 0.15) is 39.5 Å². The molecule has 1 saturated heterocycles. The van der Waals surface area contributed by atoms with Gasteiger partial charge < -0.3 is 14.8 Å². The van der Waals surface area contributed by atoms with E-state index in [1.54, 1.807) is 0 Å². The number of rotatable bonds is 9. The minimum Gasteiger partial charge on any atom is -0.381 e. The summed E-state index contributed by atoms with van der Waals surface area (Å²) in [6, 6.07) is 0.647. The fraction of sp³-hybridized carbons (Fsp3) is 1.00. The fourth-order valence-electron chi connectivity index (χ4n) is 2.07. The highest BCUT2D eigenvalue weighted by atomic mass is 16.5. The molecule has 3 nitrogen and oxygen atoms in total. The standard InChI is InChI=1S/C13H27NO2/c1-3-14-12(2)6-4-5-8-15-10-13-7-9-16-11-13/h12-14H,3-11H2,1-2H3. The minimum atomic E-state index is 0.647. The third kappa shape index (κ3) is 6.46. The second-order valence-electron chi connectivity index (χ2n) is 4.76. The zero-order chi connectivity index (χ0) is 11.6. The van der Waals surface area contributed by atoms with Crippen molar-refractivity contribution in [2.75, 3.05) is 33.0 Å². The Bertz CT molecular complexity index is 158. The van der Waals surface area contributed by atoms with Crippen LogP contribution >= 0.6 is 0 Å². The van der Waals surface area contributed by atoms with Crippen molar-refractivity contribution in [1.82, 2.24) is 5.32 Å². The van der Waals surface area contributed by atoms with Crippen LogP contribution in [-0.2, 0) is 9.47 Å². The first-order chi connectivity index (χ1) is 7.83. The van der Waals surface area contributed by atoms with Crippen LogP contribution in [0.4, 0.5) is 0 Å². The first kappa shape index (κ1) is 13.9. The molecule has 1 heterocycles. The van der Waals surface area contributed by atoms with E-state index in [4.69, 9.17) is 9.47 Å². The molecule has 3 heteroatoms. The Morgan fingerprint density at radius 3 is 3.00 bits per heavy atom. The molecule has 2 unspecified atom stereocenters. The van der Waals surface area contributed by atoms with Crippen molar-refractivity contribution < 1.29 is 9.47 Å². The number of hydrogen-bond acceptors (Lipinski definition) is 3. The second kappa shape index (κ2) is 8.97. The monoisotopic (exact) mass is 229 g/mol. The van der Waals surface area contributed by atoms with Gasteiger partial charge >= 0.3 is 0 Å². The molecule has 0 spiro atoms. The summed E-state index contributed by atoms with van der Waals surface area (Å²) in [4.78, 5) is 0. The maximum Gasteiger partial charge on any atom is 0.0517 e. The Labute approximate surface area is 99.9 Å². The summed E-state index contributed by atoms with van der Waals surface area (Å²) in [7, 11) is 0. The molecular weight excluding hydrogens is 202 g/mol. The van der Waals surface area contributed by atoms with E-state index in [-0.39, 0.29) is 0 Å². The molecule has 0 aromatic carbocycles. The molecule has 0 aromatic rings. The summed E-state index contributed by atoms with van der Waals surface area (Å²) in [5, 5.41) is 3.42. The van der Waals surface area contributed by atoms with Gasteiger partial charge in [-0.25, -0.2) is 0 Å². The number of hydrogen-bond donors (Lipinski definition) is 1. The van der Waals surface area contributed by atoms with Gasteiger partial charge in [-0.2, -0.15) is 0 Å². The zero-order valence-corrected chi connectivity index (χ0v) is 10.8. The van der Waals surface area contributed by atoms with Gasteiger partial charge in [-0.3, -0.25) is 0 Å².